The van der Waals surface area contributed by atoms with Crippen molar-refractivity contribution in [1.82, 2.24) is 0 Å². The Bertz CT molecular complexity index is 1150. The SMILES string of the molecule is CS(=O)(=O)c1cccc(OCc2cccc(COc3cccc(S(C)(=O)=O)c3)c2)c1. The summed E-state index contributed by atoms with van der Waals surface area (Å²) in [6.07, 6.45) is 2.31. The third-order valence-corrected chi connectivity index (χ3v) is 6.49. The maximum absolute atomic E-state index is 11.7. The van der Waals surface area contributed by atoms with Crippen molar-refractivity contribution >= 4 is 19.7 Å². The Balaban J connectivity index is 1.64. The predicted octanol–water partition coefficient (Wildman–Crippen LogP) is 3.65. The zero-order valence-electron chi connectivity index (χ0n) is 16.6. The monoisotopic (exact) mass is 446 g/mol. The van der Waals surface area contributed by atoms with Crippen LogP contribution in [0.1, 0.15) is 11.1 Å². The lowest BCUT2D eigenvalue weighted by Gasteiger charge is -2.10. The highest BCUT2D eigenvalue weighted by molar-refractivity contribution is 7.91. The minimum absolute atomic E-state index is 0.207. The molecule has 0 radical (unpaired) electrons. The second-order valence-corrected chi connectivity index (χ2v) is 10.9. The minimum atomic E-state index is -3.30. The van der Waals surface area contributed by atoms with Crippen LogP contribution in [0.3, 0.4) is 0 Å². The topological polar surface area (TPSA) is 86.7 Å². The molecule has 0 fully saturated rings. The molecule has 0 spiro atoms. The van der Waals surface area contributed by atoms with Crippen LogP contribution in [0.2, 0.25) is 0 Å². The Morgan fingerprint density at radius 3 is 1.40 bits per heavy atom. The average Bonchev–Trinajstić information content (AvgIpc) is 2.70. The van der Waals surface area contributed by atoms with Crippen molar-refractivity contribution in [2.24, 2.45) is 0 Å². The van der Waals surface area contributed by atoms with Gasteiger partial charge in [0.05, 0.1) is 9.79 Å². The highest BCUT2D eigenvalue weighted by Gasteiger charge is 2.09. The average molecular weight is 447 g/mol. The third kappa shape index (κ3) is 6.08. The maximum atomic E-state index is 11.7. The molecule has 0 aliphatic rings. The number of hydrogen-bond acceptors (Lipinski definition) is 6. The van der Waals surface area contributed by atoms with E-state index in [1.54, 1.807) is 24.3 Å². The molecule has 0 aliphatic carbocycles. The first-order valence-corrected chi connectivity index (χ1v) is 12.8. The van der Waals surface area contributed by atoms with Crippen LogP contribution in [0.5, 0.6) is 11.5 Å². The van der Waals surface area contributed by atoms with Crippen LogP contribution < -0.4 is 9.47 Å². The molecule has 0 unspecified atom stereocenters. The Morgan fingerprint density at radius 2 is 1.00 bits per heavy atom. The summed E-state index contributed by atoms with van der Waals surface area (Å²) in [7, 11) is -6.59. The summed E-state index contributed by atoms with van der Waals surface area (Å²) in [5, 5.41) is 0. The first kappa shape index (κ1) is 21.9. The molecule has 0 heterocycles. The smallest absolute Gasteiger partial charge is 0.175 e. The molecular formula is C22H22O6S2. The second kappa shape index (κ2) is 8.89. The van der Waals surface area contributed by atoms with Gasteiger partial charge in [-0.05, 0) is 53.6 Å². The lowest BCUT2D eigenvalue weighted by Crippen LogP contribution is -2.01. The first-order chi connectivity index (χ1) is 14.1. The lowest BCUT2D eigenvalue weighted by atomic mass is 10.1. The van der Waals surface area contributed by atoms with Gasteiger partial charge >= 0.3 is 0 Å². The standard InChI is InChI=1S/C22H22O6S2/c1-29(23,24)21-10-4-8-19(13-21)27-15-17-6-3-7-18(12-17)16-28-20-9-5-11-22(14-20)30(2,25)26/h3-14H,15-16H2,1-2H3. The molecule has 6 nitrogen and oxygen atoms in total. The van der Waals surface area contributed by atoms with Crippen molar-refractivity contribution in [2.75, 3.05) is 12.5 Å². The van der Waals surface area contributed by atoms with Gasteiger partial charge in [-0.3, -0.25) is 0 Å². The van der Waals surface area contributed by atoms with Gasteiger partial charge in [0.25, 0.3) is 0 Å². The largest absolute Gasteiger partial charge is 0.489 e. The molecule has 8 heteroatoms. The van der Waals surface area contributed by atoms with E-state index >= 15 is 0 Å². The van der Waals surface area contributed by atoms with Gasteiger partial charge in [-0.15, -0.1) is 0 Å². The van der Waals surface area contributed by atoms with Gasteiger partial charge in [0.1, 0.15) is 24.7 Å². The van der Waals surface area contributed by atoms with Crippen LogP contribution in [-0.4, -0.2) is 29.3 Å². The van der Waals surface area contributed by atoms with E-state index in [2.05, 4.69) is 0 Å². The first-order valence-electron chi connectivity index (χ1n) is 9.05. The van der Waals surface area contributed by atoms with Gasteiger partial charge in [-0.2, -0.15) is 0 Å². The van der Waals surface area contributed by atoms with Gasteiger partial charge in [-0.25, -0.2) is 16.8 Å². The van der Waals surface area contributed by atoms with E-state index in [-0.39, 0.29) is 23.0 Å². The van der Waals surface area contributed by atoms with Gasteiger partial charge < -0.3 is 9.47 Å². The molecule has 0 N–H and O–H groups in total. The fourth-order valence-corrected chi connectivity index (χ4v) is 4.04. The molecule has 0 aromatic heterocycles. The fraction of sp³-hybridized carbons (Fsp3) is 0.182. The number of rotatable bonds is 8. The molecule has 0 atom stereocenters. The summed E-state index contributed by atoms with van der Waals surface area (Å²) in [6, 6.07) is 20.3. The van der Waals surface area contributed by atoms with E-state index in [4.69, 9.17) is 9.47 Å². The zero-order chi connectivity index (χ0) is 21.8. The summed E-state index contributed by atoms with van der Waals surface area (Å²) in [6.45, 7) is 0.537. The van der Waals surface area contributed by atoms with Crippen LogP contribution in [0.15, 0.2) is 82.6 Å². The van der Waals surface area contributed by atoms with E-state index in [1.165, 1.54) is 24.3 Å². The van der Waals surface area contributed by atoms with E-state index < -0.39 is 19.7 Å². The van der Waals surface area contributed by atoms with Crippen LogP contribution in [0, 0.1) is 0 Å². The Labute approximate surface area is 176 Å². The van der Waals surface area contributed by atoms with Crippen LogP contribution in [0.25, 0.3) is 0 Å². The summed E-state index contributed by atoms with van der Waals surface area (Å²) < 4.78 is 58.1. The zero-order valence-corrected chi connectivity index (χ0v) is 18.2. The molecule has 3 rings (SSSR count). The van der Waals surface area contributed by atoms with Crippen LogP contribution >= 0.6 is 0 Å². The van der Waals surface area contributed by atoms with Crippen molar-refractivity contribution < 1.29 is 26.3 Å². The Hall–Kier alpha value is -2.84. The Morgan fingerprint density at radius 1 is 0.600 bits per heavy atom. The minimum Gasteiger partial charge on any atom is -0.489 e. The molecule has 3 aromatic rings. The summed E-state index contributed by atoms with van der Waals surface area (Å²) in [5.74, 6) is 0.939. The van der Waals surface area contributed by atoms with Crippen molar-refractivity contribution in [3.8, 4) is 11.5 Å². The lowest BCUT2D eigenvalue weighted by molar-refractivity contribution is 0.299. The van der Waals surface area contributed by atoms with E-state index in [1.807, 2.05) is 24.3 Å². The van der Waals surface area contributed by atoms with Crippen LogP contribution in [-0.2, 0) is 32.9 Å². The van der Waals surface area contributed by atoms with Crippen LogP contribution in [0.4, 0.5) is 0 Å². The number of sulfone groups is 2. The normalized spacial score (nSPS) is 11.8. The molecule has 0 saturated carbocycles. The molecule has 0 saturated heterocycles. The van der Waals surface area contributed by atoms with E-state index in [9.17, 15) is 16.8 Å². The van der Waals surface area contributed by atoms with Gasteiger partial charge in [-0.1, -0.05) is 30.3 Å². The van der Waals surface area contributed by atoms with Gasteiger partial charge in [0.2, 0.25) is 0 Å². The molecule has 3 aromatic carbocycles. The van der Waals surface area contributed by atoms with E-state index in [0.29, 0.717) is 11.5 Å². The molecule has 158 valence electrons. The quantitative estimate of drug-likeness (QED) is 0.525. The Kier molecular flexibility index (Phi) is 6.48. The van der Waals surface area contributed by atoms with Crippen molar-refractivity contribution in [3.05, 3.63) is 83.9 Å². The van der Waals surface area contributed by atoms with Gasteiger partial charge in [0.15, 0.2) is 19.7 Å². The highest BCUT2D eigenvalue weighted by Crippen LogP contribution is 2.20. The third-order valence-electron chi connectivity index (χ3n) is 4.27. The summed E-state index contributed by atoms with van der Waals surface area (Å²) in [4.78, 5) is 0.414. The van der Waals surface area contributed by atoms with Crippen molar-refractivity contribution in [2.45, 2.75) is 23.0 Å². The maximum Gasteiger partial charge on any atom is 0.175 e. The summed E-state index contributed by atoms with van der Waals surface area (Å²) >= 11 is 0. The summed E-state index contributed by atoms with van der Waals surface area (Å²) in [5.41, 5.74) is 1.79. The molecule has 0 amide bonds. The van der Waals surface area contributed by atoms with Crippen molar-refractivity contribution in [3.63, 3.8) is 0 Å². The predicted molar refractivity (Wildman–Crippen MR) is 114 cm³/mol. The van der Waals surface area contributed by atoms with Gasteiger partial charge in [0, 0.05) is 12.5 Å². The number of benzene rings is 3. The van der Waals surface area contributed by atoms with Crippen molar-refractivity contribution in [1.29, 1.82) is 0 Å². The fourth-order valence-electron chi connectivity index (χ4n) is 2.73. The number of hydrogen-bond donors (Lipinski definition) is 0. The number of ether oxygens (including phenoxy) is 2. The molecule has 30 heavy (non-hydrogen) atoms. The van der Waals surface area contributed by atoms with E-state index in [0.717, 1.165) is 23.6 Å². The molecule has 0 aliphatic heterocycles. The molecular weight excluding hydrogens is 424 g/mol. The highest BCUT2D eigenvalue weighted by atomic mass is 32.2. The second-order valence-electron chi connectivity index (χ2n) is 6.89. The molecule has 0 bridgehead atoms.